The van der Waals surface area contributed by atoms with E-state index in [2.05, 4.69) is 16.8 Å². The summed E-state index contributed by atoms with van der Waals surface area (Å²) in [5.41, 5.74) is 0.537. The van der Waals surface area contributed by atoms with Crippen LogP contribution in [0.1, 0.15) is 22.9 Å². The van der Waals surface area contributed by atoms with Crippen molar-refractivity contribution in [1.29, 1.82) is 0 Å². The van der Waals surface area contributed by atoms with Gasteiger partial charge in [0.2, 0.25) is 5.91 Å². The minimum absolute atomic E-state index is 0.0656. The van der Waals surface area contributed by atoms with Crippen LogP contribution in [0.25, 0.3) is 0 Å². The molecule has 1 amide bonds. The largest absolute Gasteiger partial charge is 0.485 e. The third kappa shape index (κ3) is 4.52. The third-order valence-electron chi connectivity index (χ3n) is 5.56. The standard InChI is InChI=1S/C24H23FN4O3S2/c1-2-11-29-22(20-14-31-18-9-5-6-10-19(18)32-20)26-27-24(29)34-15-21(30)28-12-13-33-23(28)16-7-3-4-8-17(16)25/h2-10,20,23H,1,11-15H2/t20-,23-/m1/s1. The molecule has 1 saturated heterocycles. The van der Waals surface area contributed by atoms with Gasteiger partial charge in [-0.05, 0) is 18.2 Å². The van der Waals surface area contributed by atoms with Gasteiger partial charge in [-0.3, -0.25) is 9.36 Å². The highest BCUT2D eigenvalue weighted by molar-refractivity contribution is 8.00. The monoisotopic (exact) mass is 498 g/mol. The van der Waals surface area contributed by atoms with Gasteiger partial charge in [-0.2, -0.15) is 0 Å². The summed E-state index contributed by atoms with van der Waals surface area (Å²) in [4.78, 5) is 14.8. The fourth-order valence-electron chi connectivity index (χ4n) is 3.96. The van der Waals surface area contributed by atoms with Crippen molar-refractivity contribution in [2.75, 3.05) is 24.7 Å². The van der Waals surface area contributed by atoms with Crippen molar-refractivity contribution in [3.8, 4) is 11.5 Å². The molecule has 0 bridgehead atoms. The summed E-state index contributed by atoms with van der Waals surface area (Å²) >= 11 is 2.88. The van der Waals surface area contributed by atoms with Crippen LogP contribution in [0.2, 0.25) is 0 Å². The van der Waals surface area contributed by atoms with Crippen LogP contribution >= 0.6 is 23.5 Å². The number of para-hydroxylation sites is 2. The van der Waals surface area contributed by atoms with E-state index in [0.717, 1.165) is 5.75 Å². The Labute approximate surface area is 205 Å². The van der Waals surface area contributed by atoms with E-state index < -0.39 is 6.10 Å². The lowest BCUT2D eigenvalue weighted by Gasteiger charge is -2.26. The number of fused-ring (bicyclic) bond motifs is 1. The first-order valence-electron chi connectivity index (χ1n) is 10.9. The molecule has 3 aromatic rings. The van der Waals surface area contributed by atoms with Crippen molar-refractivity contribution in [3.05, 3.63) is 78.4 Å². The Bertz CT molecular complexity index is 1200. The number of aromatic nitrogens is 3. The van der Waals surface area contributed by atoms with Crippen molar-refractivity contribution >= 4 is 29.4 Å². The van der Waals surface area contributed by atoms with Crippen LogP contribution in [0.15, 0.2) is 66.3 Å². The minimum atomic E-state index is -0.423. The Morgan fingerprint density at radius 3 is 2.82 bits per heavy atom. The van der Waals surface area contributed by atoms with Crippen LogP contribution in [0, 0.1) is 5.82 Å². The van der Waals surface area contributed by atoms with Crippen LogP contribution in [0.4, 0.5) is 4.39 Å². The average Bonchev–Trinajstić information content (AvgIpc) is 3.50. The van der Waals surface area contributed by atoms with E-state index in [1.54, 1.807) is 40.9 Å². The predicted molar refractivity (Wildman–Crippen MR) is 130 cm³/mol. The summed E-state index contributed by atoms with van der Waals surface area (Å²) in [6.07, 6.45) is 1.33. The lowest BCUT2D eigenvalue weighted by molar-refractivity contribution is -0.128. The number of carbonyl (C=O) groups is 1. The molecule has 0 spiro atoms. The highest BCUT2D eigenvalue weighted by Gasteiger charge is 2.33. The van der Waals surface area contributed by atoms with Gasteiger partial charge in [0.15, 0.2) is 28.6 Å². The number of nitrogens with zero attached hydrogens (tertiary/aromatic N) is 4. The molecule has 176 valence electrons. The molecule has 34 heavy (non-hydrogen) atoms. The summed E-state index contributed by atoms with van der Waals surface area (Å²) in [6, 6.07) is 14.1. The molecule has 0 radical (unpaired) electrons. The van der Waals surface area contributed by atoms with Crippen LogP contribution < -0.4 is 9.47 Å². The quantitative estimate of drug-likeness (QED) is 0.351. The number of rotatable bonds is 7. The molecule has 2 aromatic carbocycles. The Morgan fingerprint density at radius 2 is 2.00 bits per heavy atom. The fourth-order valence-corrected chi connectivity index (χ4v) is 6.10. The van der Waals surface area contributed by atoms with Gasteiger partial charge in [0, 0.05) is 24.4 Å². The van der Waals surface area contributed by atoms with Crippen LogP contribution in [0.5, 0.6) is 11.5 Å². The van der Waals surface area contributed by atoms with Gasteiger partial charge in [-0.1, -0.05) is 48.2 Å². The van der Waals surface area contributed by atoms with E-state index in [1.165, 1.54) is 17.8 Å². The first-order chi connectivity index (χ1) is 16.7. The normalized spacial score (nSPS) is 19.3. The van der Waals surface area contributed by atoms with Gasteiger partial charge in [0.05, 0.1) is 5.75 Å². The summed E-state index contributed by atoms with van der Waals surface area (Å²) in [5, 5.41) is 8.94. The van der Waals surface area contributed by atoms with Crippen LogP contribution in [-0.2, 0) is 11.3 Å². The maximum Gasteiger partial charge on any atom is 0.234 e. The molecule has 5 rings (SSSR count). The SMILES string of the molecule is C=CCn1c(SCC(=O)N2CCS[C@@H]2c2ccccc2F)nnc1[C@H]1COc2ccccc2O1. The molecule has 0 unspecified atom stereocenters. The number of halogens is 1. The van der Waals surface area contributed by atoms with E-state index in [1.807, 2.05) is 28.8 Å². The number of hydrogen-bond donors (Lipinski definition) is 0. The molecule has 2 aliphatic heterocycles. The van der Waals surface area contributed by atoms with Crippen LogP contribution in [-0.4, -0.2) is 50.2 Å². The molecule has 0 N–H and O–H groups in total. The maximum absolute atomic E-state index is 14.3. The second-order valence-corrected chi connectivity index (χ2v) is 9.86. The zero-order chi connectivity index (χ0) is 23.5. The maximum atomic E-state index is 14.3. The molecular weight excluding hydrogens is 475 g/mol. The molecule has 2 atom stereocenters. The van der Waals surface area contributed by atoms with Crippen molar-refractivity contribution in [2.45, 2.75) is 23.2 Å². The summed E-state index contributed by atoms with van der Waals surface area (Å²) in [7, 11) is 0. The lowest BCUT2D eigenvalue weighted by atomic mass is 10.2. The Morgan fingerprint density at radius 1 is 1.21 bits per heavy atom. The fraction of sp³-hybridized carbons (Fsp3) is 0.292. The van der Waals surface area contributed by atoms with Gasteiger partial charge in [0.25, 0.3) is 0 Å². The molecular formula is C24H23FN4O3S2. The number of allylic oxidation sites excluding steroid dienone is 1. The molecule has 3 heterocycles. The van der Waals surface area contributed by atoms with E-state index in [0.29, 0.717) is 47.7 Å². The Kier molecular flexibility index (Phi) is 6.77. The Balaban J connectivity index is 1.29. The third-order valence-corrected chi connectivity index (χ3v) is 7.76. The van der Waals surface area contributed by atoms with Crippen molar-refractivity contribution in [2.24, 2.45) is 0 Å². The molecule has 10 heteroatoms. The number of carbonyl (C=O) groups excluding carboxylic acids is 1. The highest BCUT2D eigenvalue weighted by Crippen LogP contribution is 2.40. The lowest BCUT2D eigenvalue weighted by Crippen LogP contribution is -2.32. The highest BCUT2D eigenvalue weighted by atomic mass is 32.2. The number of hydrogen-bond acceptors (Lipinski definition) is 7. The Hall–Kier alpha value is -2.98. The second-order valence-electron chi connectivity index (χ2n) is 7.72. The van der Waals surface area contributed by atoms with E-state index in [-0.39, 0.29) is 22.9 Å². The van der Waals surface area contributed by atoms with Crippen LogP contribution in [0.3, 0.4) is 0 Å². The molecule has 7 nitrogen and oxygen atoms in total. The number of benzene rings is 2. The van der Waals surface area contributed by atoms with Gasteiger partial charge < -0.3 is 14.4 Å². The number of thioether (sulfide) groups is 2. The van der Waals surface area contributed by atoms with E-state index in [4.69, 9.17) is 9.47 Å². The summed E-state index contributed by atoms with van der Waals surface area (Å²) < 4.78 is 28.1. The average molecular weight is 499 g/mol. The molecule has 2 aliphatic rings. The number of amides is 1. The summed E-state index contributed by atoms with van der Waals surface area (Å²) in [5.74, 6) is 2.55. The number of ether oxygens (including phenoxy) is 2. The summed E-state index contributed by atoms with van der Waals surface area (Å²) in [6.45, 7) is 5.20. The van der Waals surface area contributed by atoms with Gasteiger partial charge >= 0.3 is 0 Å². The first kappa shape index (κ1) is 22.8. The zero-order valence-electron chi connectivity index (χ0n) is 18.3. The van der Waals surface area contributed by atoms with Gasteiger partial charge in [-0.15, -0.1) is 28.5 Å². The van der Waals surface area contributed by atoms with Crippen molar-refractivity contribution < 1.29 is 18.7 Å². The van der Waals surface area contributed by atoms with Gasteiger partial charge in [-0.25, -0.2) is 4.39 Å². The van der Waals surface area contributed by atoms with Crippen molar-refractivity contribution in [3.63, 3.8) is 0 Å². The molecule has 0 saturated carbocycles. The van der Waals surface area contributed by atoms with Gasteiger partial charge in [0.1, 0.15) is 17.8 Å². The van der Waals surface area contributed by atoms with E-state index in [9.17, 15) is 9.18 Å². The second kappa shape index (κ2) is 10.1. The topological polar surface area (TPSA) is 69.5 Å². The smallest absolute Gasteiger partial charge is 0.234 e. The van der Waals surface area contributed by atoms with Crippen molar-refractivity contribution in [1.82, 2.24) is 19.7 Å². The van der Waals surface area contributed by atoms with E-state index >= 15 is 0 Å². The first-order valence-corrected chi connectivity index (χ1v) is 12.9. The molecule has 1 aromatic heterocycles. The predicted octanol–water partition coefficient (Wildman–Crippen LogP) is 4.48. The molecule has 0 aliphatic carbocycles. The minimum Gasteiger partial charge on any atom is -0.485 e. The zero-order valence-corrected chi connectivity index (χ0v) is 19.9. The molecule has 1 fully saturated rings.